The molecule has 4 rings (SSSR count). The molecule has 0 unspecified atom stereocenters. The number of aromatic nitrogens is 2. The minimum absolute atomic E-state index is 0.0791. The number of hydrogen-bond acceptors (Lipinski definition) is 3. The highest BCUT2D eigenvalue weighted by Crippen LogP contribution is 2.43. The molecule has 0 bridgehead atoms. The van der Waals surface area contributed by atoms with E-state index in [0.717, 1.165) is 28.3 Å². The molecule has 6 nitrogen and oxygen atoms in total. The van der Waals surface area contributed by atoms with Gasteiger partial charge < -0.3 is 20.5 Å². The summed E-state index contributed by atoms with van der Waals surface area (Å²) < 4.78 is 0. The van der Waals surface area contributed by atoms with Gasteiger partial charge in [-0.05, 0) is 68.0 Å². The third-order valence-electron chi connectivity index (χ3n) is 5.62. The number of benzene rings is 1. The van der Waals surface area contributed by atoms with Crippen LogP contribution in [-0.4, -0.2) is 21.0 Å². The largest absolute Gasteiger partial charge is 0.362 e. The van der Waals surface area contributed by atoms with Crippen LogP contribution >= 0.6 is 23.8 Å². The maximum Gasteiger partial charge on any atom is 0.226 e. The van der Waals surface area contributed by atoms with Crippen molar-refractivity contribution in [3.8, 4) is 0 Å². The molecule has 3 N–H and O–H groups in total. The van der Waals surface area contributed by atoms with E-state index >= 15 is 0 Å². The maximum absolute atomic E-state index is 12.1. The van der Waals surface area contributed by atoms with Gasteiger partial charge in [0.2, 0.25) is 5.91 Å². The average Bonchev–Trinajstić information content (AvgIpc) is 3.27. The molecule has 1 amide bonds. The zero-order valence-corrected chi connectivity index (χ0v) is 20.0. The molecule has 1 saturated heterocycles. The molecule has 1 aliphatic rings. The van der Waals surface area contributed by atoms with E-state index in [0.29, 0.717) is 15.8 Å². The zero-order valence-electron chi connectivity index (χ0n) is 18.4. The number of aryl methyl sites for hydroxylation is 2. The molecule has 32 heavy (non-hydrogen) atoms. The van der Waals surface area contributed by atoms with Gasteiger partial charge in [0, 0.05) is 29.2 Å². The fraction of sp³-hybridized carbons (Fsp3) is 0.292. The molecule has 3 aromatic rings. The first-order valence-electron chi connectivity index (χ1n) is 10.5. The van der Waals surface area contributed by atoms with E-state index in [2.05, 4.69) is 38.5 Å². The Morgan fingerprint density at radius 3 is 2.59 bits per heavy atom. The minimum Gasteiger partial charge on any atom is -0.362 e. The number of carbonyl (C=O) groups is 1. The van der Waals surface area contributed by atoms with Crippen LogP contribution in [0.25, 0.3) is 0 Å². The summed E-state index contributed by atoms with van der Waals surface area (Å²) in [6.07, 6.45) is 1.79. The van der Waals surface area contributed by atoms with Crippen molar-refractivity contribution < 1.29 is 4.79 Å². The van der Waals surface area contributed by atoms with E-state index in [1.807, 2.05) is 57.2 Å². The number of nitrogens with one attached hydrogen (secondary N) is 3. The smallest absolute Gasteiger partial charge is 0.226 e. The van der Waals surface area contributed by atoms with Gasteiger partial charge in [0.25, 0.3) is 0 Å². The lowest BCUT2D eigenvalue weighted by Crippen LogP contribution is -2.29. The number of halogens is 1. The fourth-order valence-corrected chi connectivity index (χ4v) is 4.60. The molecule has 2 aromatic heterocycles. The highest BCUT2D eigenvalue weighted by molar-refractivity contribution is 7.80. The van der Waals surface area contributed by atoms with Crippen molar-refractivity contribution in [2.45, 2.75) is 39.8 Å². The van der Waals surface area contributed by atoms with Crippen LogP contribution in [0, 0.1) is 19.8 Å². The first-order valence-corrected chi connectivity index (χ1v) is 11.3. The molecule has 0 radical (unpaired) electrons. The van der Waals surface area contributed by atoms with Gasteiger partial charge >= 0.3 is 0 Å². The summed E-state index contributed by atoms with van der Waals surface area (Å²) in [5.41, 5.74) is 5.64. The Balaban J connectivity index is 1.76. The molecule has 0 saturated carbocycles. The van der Waals surface area contributed by atoms with Crippen LogP contribution in [0.1, 0.15) is 48.6 Å². The highest BCUT2D eigenvalue weighted by Gasteiger charge is 2.41. The fourth-order valence-electron chi connectivity index (χ4n) is 4.03. The SMILES string of the molecule is Cc1cc([C@@H]2[C@H](c3ccccn3)NC(=S)N2c2ccc(NC(=O)C(C)C)c(Cl)c2)c(C)[nH]1. The first kappa shape index (κ1) is 22.3. The second-order valence-corrected chi connectivity index (χ2v) is 9.13. The maximum atomic E-state index is 12.1. The predicted molar refractivity (Wildman–Crippen MR) is 133 cm³/mol. The van der Waals surface area contributed by atoms with Gasteiger partial charge in [-0.25, -0.2) is 0 Å². The zero-order chi connectivity index (χ0) is 23.0. The summed E-state index contributed by atoms with van der Waals surface area (Å²) in [7, 11) is 0. The van der Waals surface area contributed by atoms with Crippen LogP contribution in [0.15, 0.2) is 48.7 Å². The minimum atomic E-state index is -0.135. The third-order valence-corrected chi connectivity index (χ3v) is 6.25. The number of rotatable bonds is 5. The van der Waals surface area contributed by atoms with Gasteiger partial charge in [-0.3, -0.25) is 9.78 Å². The van der Waals surface area contributed by atoms with Crippen LogP contribution in [0.2, 0.25) is 5.02 Å². The van der Waals surface area contributed by atoms with Gasteiger partial charge in [0.15, 0.2) is 5.11 Å². The average molecular weight is 468 g/mol. The van der Waals surface area contributed by atoms with E-state index in [4.69, 9.17) is 23.8 Å². The lowest BCUT2D eigenvalue weighted by Gasteiger charge is -2.28. The molecular weight excluding hydrogens is 442 g/mol. The first-order chi connectivity index (χ1) is 15.3. The Hall–Kier alpha value is -2.90. The van der Waals surface area contributed by atoms with Gasteiger partial charge in [-0.1, -0.05) is 31.5 Å². The summed E-state index contributed by atoms with van der Waals surface area (Å²) in [6, 6.07) is 13.4. The summed E-state index contributed by atoms with van der Waals surface area (Å²) in [4.78, 5) is 22.2. The highest BCUT2D eigenvalue weighted by atomic mass is 35.5. The van der Waals surface area contributed by atoms with Crippen molar-refractivity contribution >= 4 is 46.2 Å². The van der Waals surface area contributed by atoms with Crippen molar-refractivity contribution in [2.75, 3.05) is 10.2 Å². The quantitative estimate of drug-likeness (QED) is 0.435. The lowest BCUT2D eigenvalue weighted by atomic mass is 9.96. The molecule has 2 atom stereocenters. The summed E-state index contributed by atoms with van der Waals surface area (Å²) in [6.45, 7) is 7.79. The van der Waals surface area contributed by atoms with Gasteiger partial charge in [0.1, 0.15) is 0 Å². The molecule has 0 spiro atoms. The number of hydrogen-bond donors (Lipinski definition) is 3. The van der Waals surface area contributed by atoms with Crippen LogP contribution < -0.4 is 15.5 Å². The predicted octanol–water partition coefficient (Wildman–Crippen LogP) is 5.45. The second kappa shape index (κ2) is 8.92. The molecule has 8 heteroatoms. The van der Waals surface area contributed by atoms with Crippen LogP contribution in [-0.2, 0) is 4.79 Å². The number of aromatic amines is 1. The number of thiocarbonyl (C=S) groups is 1. The molecule has 1 aliphatic heterocycles. The Morgan fingerprint density at radius 2 is 2.00 bits per heavy atom. The molecule has 0 aliphatic carbocycles. The molecule has 3 heterocycles. The third kappa shape index (κ3) is 4.23. The number of carbonyl (C=O) groups excluding carboxylic acids is 1. The lowest BCUT2D eigenvalue weighted by molar-refractivity contribution is -0.118. The Labute approximate surface area is 198 Å². The van der Waals surface area contributed by atoms with Gasteiger partial charge in [0.05, 0.1) is 28.5 Å². The van der Waals surface area contributed by atoms with Crippen molar-refractivity contribution in [1.29, 1.82) is 0 Å². The Bertz CT molecular complexity index is 1160. The summed E-state index contributed by atoms with van der Waals surface area (Å²) in [5.74, 6) is -0.214. The van der Waals surface area contributed by atoms with Crippen LogP contribution in [0.5, 0.6) is 0 Å². The monoisotopic (exact) mass is 467 g/mol. The molecule has 1 fully saturated rings. The van der Waals surface area contributed by atoms with Crippen molar-refractivity contribution in [2.24, 2.45) is 5.92 Å². The Kier molecular flexibility index (Phi) is 6.22. The van der Waals surface area contributed by atoms with E-state index in [-0.39, 0.29) is 23.9 Å². The normalized spacial score (nSPS) is 18.2. The molecule has 1 aromatic carbocycles. The standard InChI is InChI=1S/C24H26ClN5OS/c1-13(2)23(31)28-19-9-8-16(12-18(19)25)30-22(17-11-14(3)27-15(17)4)21(29-24(30)32)20-7-5-6-10-26-20/h5-13,21-22,27H,1-4H3,(H,28,31)(H,29,32)/t21-,22+/m0/s1. The van der Waals surface area contributed by atoms with Crippen LogP contribution in [0.4, 0.5) is 11.4 Å². The van der Waals surface area contributed by atoms with Crippen molar-refractivity contribution in [3.05, 3.63) is 76.3 Å². The van der Waals surface area contributed by atoms with Gasteiger partial charge in [-0.15, -0.1) is 0 Å². The summed E-state index contributed by atoms with van der Waals surface area (Å²) >= 11 is 12.3. The summed E-state index contributed by atoms with van der Waals surface area (Å²) in [5, 5.41) is 7.38. The second-order valence-electron chi connectivity index (χ2n) is 8.34. The van der Waals surface area contributed by atoms with E-state index in [9.17, 15) is 4.79 Å². The molecular formula is C24H26ClN5OS. The Morgan fingerprint density at radius 1 is 1.22 bits per heavy atom. The van der Waals surface area contributed by atoms with Gasteiger partial charge in [-0.2, -0.15) is 0 Å². The van der Waals surface area contributed by atoms with E-state index < -0.39 is 0 Å². The van der Waals surface area contributed by atoms with Crippen LogP contribution in [0.3, 0.4) is 0 Å². The number of nitrogens with zero attached hydrogens (tertiary/aromatic N) is 2. The van der Waals surface area contributed by atoms with E-state index in [1.54, 1.807) is 6.20 Å². The topological polar surface area (TPSA) is 73.1 Å². The number of H-pyrrole nitrogens is 1. The van der Waals surface area contributed by atoms with E-state index in [1.165, 1.54) is 0 Å². The number of amides is 1. The number of anilines is 2. The van der Waals surface area contributed by atoms with Crippen molar-refractivity contribution in [1.82, 2.24) is 15.3 Å². The number of pyridine rings is 1. The van der Waals surface area contributed by atoms with Crippen molar-refractivity contribution in [3.63, 3.8) is 0 Å². The molecule has 166 valence electrons.